The Balaban J connectivity index is 2.59. The minimum atomic E-state index is -0.151. The first-order valence-electron chi connectivity index (χ1n) is 12.0. The number of phenolic OH excluding ortho intramolecular Hbond substituents is 1. The molecule has 0 radical (unpaired) electrons. The fourth-order valence-corrected chi connectivity index (χ4v) is 5.66. The number of hydrogen-bond acceptors (Lipinski definition) is 2. The molecule has 0 saturated carbocycles. The predicted molar refractivity (Wildman–Crippen MR) is 145 cm³/mol. The van der Waals surface area contributed by atoms with Gasteiger partial charge in [0.05, 0.1) is 5.54 Å². The first kappa shape index (κ1) is 26.6. The average molecular weight is 454 g/mol. The number of rotatable bonds is 8. The van der Waals surface area contributed by atoms with Crippen LogP contribution in [0.15, 0.2) is 41.4 Å². The van der Waals surface area contributed by atoms with Gasteiger partial charge in [-0.25, -0.2) is 0 Å². The zero-order valence-electron chi connectivity index (χ0n) is 21.9. The largest absolute Gasteiger partial charge is 0.507 e. The van der Waals surface area contributed by atoms with Gasteiger partial charge >= 0.3 is 0 Å². The van der Waals surface area contributed by atoms with Crippen LogP contribution < -0.4 is 5.30 Å². The summed E-state index contributed by atoms with van der Waals surface area (Å²) in [5, 5.41) is 12.7. The summed E-state index contributed by atoms with van der Waals surface area (Å²) in [4.78, 5) is 4.75. The number of phenols is 1. The van der Waals surface area contributed by atoms with E-state index in [-0.39, 0.29) is 16.1 Å². The van der Waals surface area contributed by atoms with E-state index in [0.717, 1.165) is 24.0 Å². The molecule has 0 aliphatic carbocycles. The van der Waals surface area contributed by atoms with Crippen molar-refractivity contribution in [2.24, 2.45) is 10.9 Å². The van der Waals surface area contributed by atoms with Gasteiger partial charge in [-0.15, -0.1) is 0 Å². The minimum absolute atomic E-state index is 0.0887. The van der Waals surface area contributed by atoms with E-state index in [1.54, 1.807) is 0 Å². The van der Waals surface area contributed by atoms with Crippen molar-refractivity contribution in [3.8, 4) is 5.75 Å². The molecule has 0 heterocycles. The molecule has 2 rings (SSSR count). The van der Waals surface area contributed by atoms with Gasteiger partial charge in [0.15, 0.2) is 0 Å². The molecule has 3 atom stereocenters. The minimum Gasteiger partial charge on any atom is -0.507 e. The van der Waals surface area contributed by atoms with E-state index >= 15 is 0 Å². The number of aryl methyl sites for hydroxylation is 1. The first-order chi connectivity index (χ1) is 14.7. The summed E-state index contributed by atoms with van der Waals surface area (Å²) in [6, 6.07) is 13.0. The highest BCUT2D eigenvalue weighted by atomic mass is 31.1. The Morgan fingerprint density at radius 2 is 1.59 bits per heavy atom. The van der Waals surface area contributed by atoms with Crippen LogP contribution in [-0.2, 0) is 10.6 Å². The zero-order chi connectivity index (χ0) is 24.3. The number of aliphatic imine (C=N–C) groups is 1. The quantitative estimate of drug-likeness (QED) is 0.320. The number of aromatic hydroxyl groups is 1. The normalized spacial score (nSPS) is 16.1. The van der Waals surface area contributed by atoms with Crippen molar-refractivity contribution in [1.29, 1.82) is 0 Å². The van der Waals surface area contributed by atoms with E-state index in [1.807, 2.05) is 6.21 Å². The van der Waals surface area contributed by atoms with Crippen LogP contribution in [0.2, 0.25) is 0 Å². The molecule has 2 aromatic carbocycles. The molecule has 0 fully saturated rings. The summed E-state index contributed by atoms with van der Waals surface area (Å²) in [6.07, 6.45) is 4.06. The number of hydrogen-bond donors (Lipinski definition) is 1. The lowest BCUT2D eigenvalue weighted by molar-refractivity contribution is 0.319. The summed E-state index contributed by atoms with van der Waals surface area (Å²) >= 11 is 0. The molecule has 2 aromatic rings. The second kappa shape index (κ2) is 10.1. The molecule has 0 aromatic heterocycles. The van der Waals surface area contributed by atoms with Crippen LogP contribution in [0.4, 0.5) is 0 Å². The third-order valence-corrected chi connectivity index (χ3v) is 8.96. The van der Waals surface area contributed by atoms with Crippen LogP contribution in [-0.4, -0.2) is 16.9 Å². The second-order valence-corrected chi connectivity index (χ2v) is 13.0. The highest BCUT2D eigenvalue weighted by Crippen LogP contribution is 2.51. The molecular weight excluding hydrogens is 409 g/mol. The maximum absolute atomic E-state index is 11.6. The van der Waals surface area contributed by atoms with Crippen LogP contribution in [0.1, 0.15) is 97.4 Å². The van der Waals surface area contributed by atoms with Gasteiger partial charge < -0.3 is 5.11 Å². The Hall–Kier alpha value is -1.66. The van der Waals surface area contributed by atoms with Gasteiger partial charge in [-0.05, 0) is 56.3 Å². The molecule has 176 valence electrons. The smallest absolute Gasteiger partial charge is 0.123 e. The van der Waals surface area contributed by atoms with E-state index in [0.29, 0.717) is 20.2 Å². The van der Waals surface area contributed by atoms with E-state index in [4.69, 9.17) is 4.99 Å². The van der Waals surface area contributed by atoms with Crippen LogP contribution in [0.25, 0.3) is 0 Å². The molecule has 2 nitrogen and oxygen atoms in total. The van der Waals surface area contributed by atoms with Gasteiger partial charge in [0.25, 0.3) is 0 Å². The van der Waals surface area contributed by atoms with Gasteiger partial charge in [-0.1, -0.05) is 98.5 Å². The van der Waals surface area contributed by atoms with E-state index in [2.05, 4.69) is 106 Å². The van der Waals surface area contributed by atoms with E-state index in [9.17, 15) is 5.11 Å². The predicted octanol–water partition coefficient (Wildman–Crippen LogP) is 7.87. The fourth-order valence-electron chi connectivity index (χ4n) is 4.10. The lowest BCUT2D eigenvalue weighted by atomic mass is 9.71. The third-order valence-electron chi connectivity index (χ3n) is 7.06. The number of nitrogens with zero attached hydrogens (tertiary/aromatic N) is 1. The summed E-state index contributed by atoms with van der Waals surface area (Å²) in [7, 11) is 0.534. The Kier molecular flexibility index (Phi) is 8.38. The maximum Gasteiger partial charge on any atom is 0.123 e. The fraction of sp³-hybridized carbons (Fsp3) is 0.552. The van der Waals surface area contributed by atoms with Crippen molar-refractivity contribution >= 4 is 20.1 Å². The van der Waals surface area contributed by atoms with Crippen LogP contribution in [0.3, 0.4) is 0 Å². The van der Waals surface area contributed by atoms with Crippen molar-refractivity contribution < 1.29 is 5.11 Å². The van der Waals surface area contributed by atoms with Crippen molar-refractivity contribution in [2.75, 3.05) is 0 Å². The molecule has 0 aliphatic heterocycles. The van der Waals surface area contributed by atoms with Gasteiger partial charge in [-0.2, -0.15) is 0 Å². The number of benzene rings is 2. The Bertz CT molecular complexity index is 954. The molecule has 0 spiro atoms. The van der Waals surface area contributed by atoms with Gasteiger partial charge in [0.1, 0.15) is 5.75 Å². The molecule has 3 heteroatoms. The summed E-state index contributed by atoms with van der Waals surface area (Å²) in [5.41, 5.74) is 4.36. The van der Waals surface area contributed by atoms with Crippen LogP contribution in [0.5, 0.6) is 5.75 Å². The SMILES string of the molecule is CCC(C)C(C)(C)c1cc(C)cc(C(C)(CC)Pc2ccccc2/C=N/C(C)(C)C)c1O. The molecule has 1 N–H and O–H groups in total. The van der Waals surface area contributed by atoms with Gasteiger partial charge in [0, 0.05) is 22.5 Å². The Morgan fingerprint density at radius 1 is 1.00 bits per heavy atom. The Labute approximate surface area is 198 Å². The summed E-state index contributed by atoms with van der Waals surface area (Å²) < 4.78 is 0. The highest BCUT2D eigenvalue weighted by molar-refractivity contribution is 7.48. The molecule has 3 unspecified atom stereocenters. The topological polar surface area (TPSA) is 32.6 Å². The van der Waals surface area contributed by atoms with Crippen LogP contribution in [0, 0.1) is 12.8 Å². The van der Waals surface area contributed by atoms with Crippen molar-refractivity contribution in [3.05, 3.63) is 58.7 Å². The molecule has 32 heavy (non-hydrogen) atoms. The molecule has 0 saturated heterocycles. The molecule has 0 aliphatic rings. The van der Waals surface area contributed by atoms with E-state index < -0.39 is 0 Å². The van der Waals surface area contributed by atoms with Crippen molar-refractivity contribution in [3.63, 3.8) is 0 Å². The standard InChI is InChI=1S/C29H44NOP/c1-11-21(4)28(8,9)23-17-20(3)18-24(26(23)31)29(10,12-2)32-25-16-14-13-15-22(25)19-30-27(5,6)7/h13-19,21,31-32H,11-12H2,1-10H3/b30-19+. The van der Waals surface area contributed by atoms with Gasteiger partial charge in [-0.3, -0.25) is 4.99 Å². The lowest BCUT2D eigenvalue weighted by Crippen LogP contribution is -2.28. The van der Waals surface area contributed by atoms with Crippen molar-refractivity contribution in [1.82, 2.24) is 0 Å². The maximum atomic E-state index is 11.6. The van der Waals surface area contributed by atoms with Gasteiger partial charge in [0.2, 0.25) is 0 Å². The molecule has 0 bridgehead atoms. The monoisotopic (exact) mass is 453 g/mol. The van der Waals surface area contributed by atoms with Crippen molar-refractivity contribution in [2.45, 2.75) is 98.2 Å². The first-order valence-corrected chi connectivity index (χ1v) is 13.0. The highest BCUT2D eigenvalue weighted by Gasteiger charge is 2.35. The van der Waals surface area contributed by atoms with Crippen LogP contribution >= 0.6 is 8.58 Å². The zero-order valence-corrected chi connectivity index (χ0v) is 22.9. The summed E-state index contributed by atoms with van der Waals surface area (Å²) in [6.45, 7) is 22.1. The lowest BCUT2D eigenvalue weighted by Gasteiger charge is -2.36. The third kappa shape index (κ3) is 6.02. The average Bonchev–Trinajstić information content (AvgIpc) is 2.72. The van der Waals surface area contributed by atoms with E-state index in [1.165, 1.54) is 16.4 Å². The second-order valence-electron chi connectivity index (χ2n) is 11.1. The molecule has 0 amide bonds. The Morgan fingerprint density at radius 3 is 2.16 bits per heavy atom. The molecular formula is C29H44NOP. The summed E-state index contributed by atoms with van der Waals surface area (Å²) in [5.74, 6) is 0.964.